The molecule has 2 aromatic carbocycles. The zero-order valence-electron chi connectivity index (χ0n) is 14.9. The fraction of sp³-hybridized carbons (Fsp3) is 0.0417. The molecule has 6 aromatic rings. The molecule has 0 unspecified atom stereocenters. The standard InChI is InChI=1S/C24H14N4/c1-2-5-16-14(4-1)10-15-11-19-18(12-17(15)16)23-22(6-3-8-26-23)28-21-7-9-25-13-20(21)27-24(19)28/h1-9,11-13H,10H2. The number of imidazole rings is 1. The van der Waals surface area contributed by atoms with Gasteiger partial charge in [0.1, 0.15) is 11.2 Å². The van der Waals surface area contributed by atoms with E-state index in [2.05, 4.69) is 51.8 Å². The van der Waals surface area contributed by atoms with E-state index in [9.17, 15) is 0 Å². The summed E-state index contributed by atoms with van der Waals surface area (Å²) in [7, 11) is 0. The monoisotopic (exact) mass is 358 g/mol. The third-order valence-corrected chi connectivity index (χ3v) is 5.91. The Morgan fingerprint density at radius 2 is 1.75 bits per heavy atom. The minimum absolute atomic E-state index is 0.906. The highest BCUT2D eigenvalue weighted by molar-refractivity contribution is 6.14. The van der Waals surface area contributed by atoms with Crippen LogP contribution in [0.1, 0.15) is 11.1 Å². The molecule has 0 spiro atoms. The van der Waals surface area contributed by atoms with Crippen molar-refractivity contribution in [1.29, 1.82) is 0 Å². The number of benzene rings is 2. The second kappa shape index (κ2) is 4.93. The van der Waals surface area contributed by atoms with Crippen molar-refractivity contribution in [2.24, 2.45) is 0 Å². The molecule has 0 bridgehead atoms. The van der Waals surface area contributed by atoms with E-state index in [1.807, 2.05) is 30.7 Å². The summed E-state index contributed by atoms with van der Waals surface area (Å²) in [6, 6.07) is 19.4. The molecule has 0 radical (unpaired) electrons. The highest BCUT2D eigenvalue weighted by Gasteiger charge is 2.21. The Morgan fingerprint density at radius 3 is 2.75 bits per heavy atom. The van der Waals surface area contributed by atoms with E-state index in [4.69, 9.17) is 9.97 Å². The molecule has 0 saturated carbocycles. The van der Waals surface area contributed by atoms with Gasteiger partial charge in [0.15, 0.2) is 0 Å². The summed E-state index contributed by atoms with van der Waals surface area (Å²) in [6.45, 7) is 0. The van der Waals surface area contributed by atoms with E-state index in [1.165, 1.54) is 22.3 Å². The van der Waals surface area contributed by atoms with Crippen molar-refractivity contribution in [3.05, 3.63) is 84.3 Å². The Balaban J connectivity index is 1.74. The first-order chi connectivity index (χ1) is 13.9. The zero-order chi connectivity index (χ0) is 18.2. The van der Waals surface area contributed by atoms with Crippen LogP contribution >= 0.6 is 0 Å². The largest absolute Gasteiger partial charge is 0.290 e. The van der Waals surface area contributed by atoms with Crippen LogP contribution in [0.15, 0.2) is 73.2 Å². The molecule has 1 aliphatic carbocycles. The predicted octanol–water partition coefficient (Wildman–Crippen LogP) is 5.16. The number of nitrogens with zero attached hydrogens (tertiary/aromatic N) is 4. The van der Waals surface area contributed by atoms with Gasteiger partial charge < -0.3 is 0 Å². The molecular weight excluding hydrogens is 344 g/mol. The fourth-order valence-electron chi connectivity index (χ4n) is 4.71. The maximum Gasteiger partial charge on any atom is 0.146 e. The summed E-state index contributed by atoms with van der Waals surface area (Å²) in [5.74, 6) is 0. The molecule has 1 aliphatic rings. The van der Waals surface area contributed by atoms with E-state index in [-0.39, 0.29) is 0 Å². The smallest absolute Gasteiger partial charge is 0.146 e. The first kappa shape index (κ1) is 14.3. The Hall–Kier alpha value is -3.79. The third kappa shape index (κ3) is 1.68. The lowest BCUT2D eigenvalue weighted by molar-refractivity contribution is 1.26. The van der Waals surface area contributed by atoms with Crippen molar-refractivity contribution in [3.8, 4) is 11.1 Å². The topological polar surface area (TPSA) is 43.1 Å². The van der Waals surface area contributed by atoms with Crippen molar-refractivity contribution in [2.75, 3.05) is 0 Å². The molecule has 0 aliphatic heterocycles. The van der Waals surface area contributed by atoms with Crippen LogP contribution in [0.25, 0.3) is 49.6 Å². The van der Waals surface area contributed by atoms with Gasteiger partial charge in [0.05, 0.1) is 22.7 Å². The van der Waals surface area contributed by atoms with Gasteiger partial charge in [0.2, 0.25) is 0 Å². The average Bonchev–Trinajstić information content (AvgIpc) is 3.31. The van der Waals surface area contributed by atoms with Gasteiger partial charge in [-0.3, -0.25) is 14.4 Å². The van der Waals surface area contributed by atoms with Crippen LogP contribution in [-0.2, 0) is 6.42 Å². The van der Waals surface area contributed by atoms with Gasteiger partial charge >= 0.3 is 0 Å². The zero-order valence-corrected chi connectivity index (χ0v) is 14.9. The number of pyridine rings is 3. The predicted molar refractivity (Wildman–Crippen MR) is 112 cm³/mol. The minimum atomic E-state index is 0.906. The van der Waals surface area contributed by atoms with Crippen LogP contribution < -0.4 is 0 Å². The minimum Gasteiger partial charge on any atom is -0.290 e. The second-order valence-corrected chi connectivity index (χ2v) is 7.40. The number of aromatic nitrogens is 4. The van der Waals surface area contributed by atoms with E-state index in [0.717, 1.165) is 44.9 Å². The highest BCUT2D eigenvalue weighted by atomic mass is 15.0. The summed E-state index contributed by atoms with van der Waals surface area (Å²) in [6.07, 6.45) is 6.49. The molecule has 28 heavy (non-hydrogen) atoms. The van der Waals surface area contributed by atoms with E-state index < -0.39 is 0 Å². The molecule has 0 amide bonds. The van der Waals surface area contributed by atoms with Gasteiger partial charge in [-0.15, -0.1) is 0 Å². The first-order valence-corrected chi connectivity index (χ1v) is 9.42. The average molecular weight is 358 g/mol. The Labute approximate surface area is 160 Å². The van der Waals surface area contributed by atoms with Crippen LogP contribution in [-0.4, -0.2) is 19.4 Å². The van der Waals surface area contributed by atoms with Crippen molar-refractivity contribution in [1.82, 2.24) is 19.4 Å². The van der Waals surface area contributed by atoms with Crippen LogP contribution in [0, 0.1) is 0 Å². The van der Waals surface area contributed by atoms with Crippen molar-refractivity contribution >= 4 is 38.5 Å². The number of rotatable bonds is 0. The van der Waals surface area contributed by atoms with E-state index in [1.54, 1.807) is 0 Å². The quantitative estimate of drug-likeness (QED) is 0.352. The number of fused-ring (bicyclic) bond motifs is 11. The van der Waals surface area contributed by atoms with Gasteiger partial charge in [0, 0.05) is 23.2 Å². The number of hydrogen-bond donors (Lipinski definition) is 0. The van der Waals surface area contributed by atoms with Crippen molar-refractivity contribution in [2.45, 2.75) is 6.42 Å². The van der Waals surface area contributed by atoms with Crippen molar-refractivity contribution in [3.63, 3.8) is 0 Å². The van der Waals surface area contributed by atoms with Crippen LogP contribution in [0.4, 0.5) is 0 Å². The molecule has 4 nitrogen and oxygen atoms in total. The summed E-state index contributed by atoms with van der Waals surface area (Å²) >= 11 is 0. The summed E-state index contributed by atoms with van der Waals surface area (Å²) in [5, 5.41) is 2.30. The molecule has 4 heterocycles. The molecule has 130 valence electrons. The molecular formula is C24H14N4. The van der Waals surface area contributed by atoms with Crippen LogP contribution in [0.3, 0.4) is 0 Å². The summed E-state index contributed by atoms with van der Waals surface area (Å²) < 4.78 is 2.22. The molecule has 0 N–H and O–H groups in total. The van der Waals surface area contributed by atoms with Gasteiger partial charge in [0.25, 0.3) is 0 Å². The molecule has 4 aromatic heterocycles. The first-order valence-electron chi connectivity index (χ1n) is 9.42. The highest BCUT2D eigenvalue weighted by Crippen LogP contribution is 2.41. The maximum absolute atomic E-state index is 4.94. The van der Waals surface area contributed by atoms with Crippen LogP contribution in [0.5, 0.6) is 0 Å². The Kier molecular flexibility index (Phi) is 2.51. The van der Waals surface area contributed by atoms with Crippen molar-refractivity contribution < 1.29 is 0 Å². The Bertz CT molecular complexity index is 1590. The second-order valence-electron chi connectivity index (χ2n) is 7.40. The van der Waals surface area contributed by atoms with Gasteiger partial charge in [-0.1, -0.05) is 24.3 Å². The maximum atomic E-state index is 4.94. The lowest BCUT2D eigenvalue weighted by Crippen LogP contribution is -1.94. The van der Waals surface area contributed by atoms with Crippen LogP contribution in [0.2, 0.25) is 0 Å². The number of hydrogen-bond acceptors (Lipinski definition) is 3. The fourth-order valence-corrected chi connectivity index (χ4v) is 4.71. The lowest BCUT2D eigenvalue weighted by atomic mass is 10.00. The molecule has 0 fully saturated rings. The summed E-state index contributed by atoms with van der Waals surface area (Å²) in [5.41, 5.74) is 10.4. The normalized spacial score (nSPS) is 12.9. The Morgan fingerprint density at radius 1 is 0.786 bits per heavy atom. The molecule has 0 atom stereocenters. The van der Waals surface area contributed by atoms with Gasteiger partial charge in [-0.2, -0.15) is 0 Å². The lowest BCUT2D eigenvalue weighted by Gasteiger charge is -2.10. The van der Waals surface area contributed by atoms with E-state index >= 15 is 0 Å². The van der Waals surface area contributed by atoms with Gasteiger partial charge in [-0.25, -0.2) is 4.98 Å². The molecule has 4 heteroatoms. The third-order valence-electron chi connectivity index (χ3n) is 5.91. The van der Waals surface area contributed by atoms with Gasteiger partial charge in [-0.05, 0) is 59.0 Å². The molecule has 7 rings (SSSR count). The molecule has 0 saturated heterocycles. The SMILES string of the molecule is c1ccc2c(c1)Cc1cc3c(cc1-2)c1ncccc1n1c2ccncc2nc31. The summed E-state index contributed by atoms with van der Waals surface area (Å²) in [4.78, 5) is 14.0. The van der Waals surface area contributed by atoms with E-state index in [0.29, 0.717) is 0 Å².